The number of carbonyl (C=O) groups is 1. The van der Waals surface area contributed by atoms with Crippen molar-refractivity contribution in [2.24, 2.45) is 0 Å². The van der Waals surface area contributed by atoms with Crippen LogP contribution in [0.5, 0.6) is 0 Å². The SMILES string of the molecule is CCOC(=O)c1ccc(CCC(c2cc(Cl)c(F)c(Cl)c2)C(F)(F)F)cc1SC. The number of halogens is 6. The molecule has 2 aromatic carbocycles. The van der Waals surface area contributed by atoms with E-state index in [2.05, 4.69) is 0 Å². The molecule has 0 aliphatic rings. The number of thioether (sulfide) groups is 1. The molecule has 0 aromatic heterocycles. The van der Waals surface area contributed by atoms with Crippen LogP contribution in [0.3, 0.4) is 0 Å². The van der Waals surface area contributed by atoms with Gasteiger partial charge in [-0.1, -0.05) is 29.3 Å². The van der Waals surface area contributed by atoms with E-state index < -0.39 is 33.9 Å². The van der Waals surface area contributed by atoms with Gasteiger partial charge in [0.1, 0.15) is 0 Å². The second-order valence-electron chi connectivity index (χ2n) is 6.19. The highest BCUT2D eigenvalue weighted by Gasteiger charge is 2.40. The third-order valence-corrected chi connectivity index (χ3v) is 5.61. The fraction of sp³-hybridized carbons (Fsp3) is 0.350. The van der Waals surface area contributed by atoms with E-state index >= 15 is 0 Å². The van der Waals surface area contributed by atoms with Gasteiger partial charge in [-0.05, 0) is 61.4 Å². The van der Waals surface area contributed by atoms with Gasteiger partial charge >= 0.3 is 12.1 Å². The van der Waals surface area contributed by atoms with Gasteiger partial charge in [-0.25, -0.2) is 9.18 Å². The number of carbonyl (C=O) groups excluding carboxylic acids is 1. The van der Waals surface area contributed by atoms with Gasteiger partial charge in [0.2, 0.25) is 0 Å². The summed E-state index contributed by atoms with van der Waals surface area (Å²) in [5.74, 6) is -3.29. The van der Waals surface area contributed by atoms with E-state index in [9.17, 15) is 22.4 Å². The Hall–Kier alpha value is -1.44. The summed E-state index contributed by atoms with van der Waals surface area (Å²) in [6.45, 7) is 1.92. The summed E-state index contributed by atoms with van der Waals surface area (Å²) in [5, 5.41) is -0.907. The topological polar surface area (TPSA) is 26.3 Å². The van der Waals surface area contributed by atoms with E-state index in [1.54, 1.807) is 31.4 Å². The number of hydrogen-bond acceptors (Lipinski definition) is 3. The van der Waals surface area contributed by atoms with Crippen molar-refractivity contribution in [3.63, 3.8) is 0 Å². The van der Waals surface area contributed by atoms with E-state index in [0.717, 1.165) is 12.1 Å². The summed E-state index contributed by atoms with van der Waals surface area (Å²) in [5.41, 5.74) is 0.811. The van der Waals surface area contributed by atoms with Crippen LogP contribution in [0, 0.1) is 5.82 Å². The quantitative estimate of drug-likeness (QED) is 0.184. The average Bonchev–Trinajstić information content (AvgIpc) is 2.65. The Morgan fingerprint density at radius 2 is 1.79 bits per heavy atom. The zero-order valence-corrected chi connectivity index (χ0v) is 17.9. The van der Waals surface area contributed by atoms with Gasteiger partial charge in [0.25, 0.3) is 0 Å². The summed E-state index contributed by atoms with van der Waals surface area (Å²) in [4.78, 5) is 12.6. The highest BCUT2D eigenvalue weighted by atomic mass is 35.5. The average molecular weight is 469 g/mol. The van der Waals surface area contributed by atoms with E-state index in [-0.39, 0.29) is 25.0 Å². The Morgan fingerprint density at radius 1 is 1.17 bits per heavy atom. The van der Waals surface area contributed by atoms with Gasteiger partial charge in [-0.3, -0.25) is 0 Å². The molecule has 0 amide bonds. The van der Waals surface area contributed by atoms with Crippen molar-refractivity contribution in [3.05, 3.63) is 62.9 Å². The molecule has 0 heterocycles. The van der Waals surface area contributed by atoms with Crippen molar-refractivity contribution < 1.29 is 27.1 Å². The van der Waals surface area contributed by atoms with Crippen LogP contribution in [0.4, 0.5) is 17.6 Å². The normalized spacial score (nSPS) is 12.7. The minimum Gasteiger partial charge on any atom is -0.462 e. The standard InChI is InChI=1S/C20H18Cl2F4O2S/c1-3-28-19(27)13-6-4-11(8-17(13)29-2)5-7-14(20(24,25)26)12-9-15(21)18(23)16(22)10-12/h4,6,8-10,14H,3,5,7H2,1-2H3. The molecule has 0 aliphatic heterocycles. The summed E-state index contributed by atoms with van der Waals surface area (Å²) < 4.78 is 59.4. The molecule has 1 atom stereocenters. The molecule has 0 N–H and O–H groups in total. The molecule has 0 saturated heterocycles. The van der Waals surface area contributed by atoms with Crippen molar-refractivity contribution in [2.75, 3.05) is 12.9 Å². The van der Waals surface area contributed by atoms with Crippen LogP contribution in [-0.2, 0) is 11.2 Å². The van der Waals surface area contributed by atoms with Crippen LogP contribution < -0.4 is 0 Å². The van der Waals surface area contributed by atoms with Crippen LogP contribution in [0.2, 0.25) is 10.0 Å². The van der Waals surface area contributed by atoms with Gasteiger partial charge in [0, 0.05) is 4.90 Å². The van der Waals surface area contributed by atoms with Crippen LogP contribution in [0.25, 0.3) is 0 Å². The number of esters is 1. The number of benzene rings is 2. The van der Waals surface area contributed by atoms with Crippen LogP contribution in [0.15, 0.2) is 35.2 Å². The Labute approximate surface area is 180 Å². The van der Waals surface area contributed by atoms with E-state index in [1.807, 2.05) is 0 Å². The highest BCUT2D eigenvalue weighted by Crippen LogP contribution is 2.41. The molecule has 0 fully saturated rings. The van der Waals surface area contributed by atoms with Gasteiger partial charge in [-0.2, -0.15) is 13.2 Å². The zero-order valence-electron chi connectivity index (χ0n) is 15.6. The maximum Gasteiger partial charge on any atom is 0.395 e. The van der Waals surface area contributed by atoms with E-state index in [4.69, 9.17) is 27.9 Å². The lowest BCUT2D eigenvalue weighted by molar-refractivity contribution is -0.151. The number of ether oxygens (including phenoxy) is 1. The third-order valence-electron chi connectivity index (χ3n) is 4.29. The Kier molecular flexibility index (Phi) is 8.26. The molecular formula is C20H18Cl2F4O2S. The predicted octanol–water partition coefficient (Wildman–Crippen LogP) is 7.31. The summed E-state index contributed by atoms with van der Waals surface area (Å²) in [7, 11) is 0. The molecule has 9 heteroatoms. The first-order valence-electron chi connectivity index (χ1n) is 8.63. The smallest absolute Gasteiger partial charge is 0.395 e. The van der Waals surface area contributed by atoms with Crippen molar-refractivity contribution in [1.29, 1.82) is 0 Å². The molecule has 1 unspecified atom stereocenters. The second-order valence-corrected chi connectivity index (χ2v) is 7.85. The second kappa shape index (κ2) is 10.0. The first kappa shape index (κ1) is 23.8. The summed E-state index contributed by atoms with van der Waals surface area (Å²) >= 11 is 12.6. The molecule has 0 bridgehead atoms. The maximum absolute atomic E-state index is 13.6. The maximum atomic E-state index is 13.6. The molecule has 0 radical (unpaired) electrons. The monoisotopic (exact) mass is 468 g/mol. The number of hydrogen-bond donors (Lipinski definition) is 0. The first-order valence-corrected chi connectivity index (χ1v) is 10.6. The van der Waals surface area contributed by atoms with Crippen molar-refractivity contribution in [2.45, 2.75) is 36.8 Å². The molecular weight excluding hydrogens is 451 g/mol. The molecule has 0 spiro atoms. The molecule has 158 valence electrons. The van der Waals surface area contributed by atoms with Crippen molar-refractivity contribution in [3.8, 4) is 0 Å². The van der Waals surface area contributed by atoms with Crippen molar-refractivity contribution in [1.82, 2.24) is 0 Å². The number of alkyl halides is 3. The molecule has 2 rings (SSSR count). The van der Waals surface area contributed by atoms with Crippen LogP contribution in [-0.4, -0.2) is 25.0 Å². The lowest BCUT2D eigenvalue weighted by atomic mass is 9.91. The van der Waals surface area contributed by atoms with E-state index in [0.29, 0.717) is 16.0 Å². The first-order chi connectivity index (χ1) is 13.6. The van der Waals surface area contributed by atoms with Gasteiger partial charge < -0.3 is 4.74 Å². The minimum atomic E-state index is -4.56. The lowest BCUT2D eigenvalue weighted by Crippen LogP contribution is -2.21. The summed E-state index contributed by atoms with van der Waals surface area (Å²) in [6.07, 6.45) is -2.98. The molecule has 0 saturated carbocycles. The lowest BCUT2D eigenvalue weighted by Gasteiger charge is -2.21. The van der Waals surface area contributed by atoms with Crippen LogP contribution in [0.1, 0.15) is 40.7 Å². The number of aryl methyl sites for hydroxylation is 1. The predicted molar refractivity (Wildman–Crippen MR) is 108 cm³/mol. The number of rotatable bonds is 7. The Balaban J connectivity index is 2.27. The highest BCUT2D eigenvalue weighted by molar-refractivity contribution is 7.98. The Morgan fingerprint density at radius 3 is 2.31 bits per heavy atom. The van der Waals surface area contributed by atoms with E-state index in [1.165, 1.54) is 11.8 Å². The van der Waals surface area contributed by atoms with Crippen LogP contribution >= 0.6 is 35.0 Å². The molecule has 2 aromatic rings. The third kappa shape index (κ3) is 6.03. The van der Waals surface area contributed by atoms with Crippen molar-refractivity contribution >= 4 is 40.9 Å². The fourth-order valence-electron chi connectivity index (χ4n) is 2.88. The van der Waals surface area contributed by atoms with Gasteiger partial charge in [0.05, 0.1) is 28.1 Å². The largest absolute Gasteiger partial charge is 0.462 e. The Bertz CT molecular complexity index is 864. The minimum absolute atomic E-state index is 0.0907. The van der Waals surface area contributed by atoms with Gasteiger partial charge in [-0.15, -0.1) is 11.8 Å². The molecule has 2 nitrogen and oxygen atoms in total. The molecule has 0 aliphatic carbocycles. The van der Waals surface area contributed by atoms with Gasteiger partial charge in [0.15, 0.2) is 5.82 Å². The molecule has 29 heavy (non-hydrogen) atoms. The zero-order chi connectivity index (χ0) is 21.8. The fourth-order valence-corrected chi connectivity index (χ4v) is 4.02. The summed E-state index contributed by atoms with van der Waals surface area (Å²) in [6, 6.07) is 6.74.